The van der Waals surface area contributed by atoms with Crippen molar-refractivity contribution in [1.29, 1.82) is 0 Å². The van der Waals surface area contributed by atoms with E-state index in [-0.39, 0.29) is 23.1 Å². The molecule has 2 aromatic heterocycles. The lowest BCUT2D eigenvalue weighted by atomic mass is 10.0. The standard InChI is InChI=1S/C32H21NO5/c34-30-23(19-37-28-12-6-4-10-25(28)30)18-33(24-16-14-22(15-17-24)21-8-2-1-3-9-21)32(36)27-20-38-29-13-7-5-11-26(29)31(27)35/h1-17,19-20H,18H2. The van der Waals surface area contributed by atoms with Crippen molar-refractivity contribution in [3.05, 3.63) is 147 Å². The Bertz CT molecular complexity index is 1900. The van der Waals surface area contributed by atoms with Gasteiger partial charge in [0.25, 0.3) is 5.91 Å². The van der Waals surface area contributed by atoms with Crippen LogP contribution < -0.4 is 15.8 Å². The number of para-hydroxylation sites is 2. The van der Waals surface area contributed by atoms with E-state index in [1.807, 2.05) is 42.5 Å². The van der Waals surface area contributed by atoms with Gasteiger partial charge in [-0.05, 0) is 47.5 Å². The lowest BCUT2D eigenvalue weighted by molar-refractivity contribution is 0.0982. The van der Waals surface area contributed by atoms with Gasteiger partial charge in [-0.1, -0.05) is 66.7 Å². The Morgan fingerprint density at radius 3 is 1.84 bits per heavy atom. The van der Waals surface area contributed by atoms with E-state index in [1.165, 1.54) is 17.4 Å². The second-order valence-corrected chi connectivity index (χ2v) is 8.87. The van der Waals surface area contributed by atoms with Gasteiger partial charge >= 0.3 is 0 Å². The summed E-state index contributed by atoms with van der Waals surface area (Å²) in [7, 11) is 0. The number of nitrogens with zero attached hydrogens (tertiary/aromatic N) is 1. The minimum Gasteiger partial charge on any atom is -0.464 e. The molecule has 6 rings (SSSR count). The van der Waals surface area contributed by atoms with Crippen LogP contribution in [-0.2, 0) is 6.54 Å². The second-order valence-electron chi connectivity index (χ2n) is 8.87. The minimum absolute atomic E-state index is 0.0943. The first-order valence-electron chi connectivity index (χ1n) is 12.1. The molecule has 4 aromatic carbocycles. The molecule has 6 heteroatoms. The molecule has 6 aromatic rings. The molecule has 0 atom stereocenters. The van der Waals surface area contributed by atoms with E-state index in [0.717, 1.165) is 11.1 Å². The largest absolute Gasteiger partial charge is 0.464 e. The maximum atomic E-state index is 13.9. The Hall–Kier alpha value is -5.23. The summed E-state index contributed by atoms with van der Waals surface area (Å²) in [5, 5.41) is 0.727. The Kier molecular flexibility index (Phi) is 5.90. The molecule has 0 unspecified atom stereocenters. The molecule has 0 radical (unpaired) electrons. The summed E-state index contributed by atoms with van der Waals surface area (Å²) in [6, 6.07) is 31.0. The average Bonchev–Trinajstić information content (AvgIpc) is 2.98. The summed E-state index contributed by atoms with van der Waals surface area (Å²) in [5.74, 6) is -0.579. The fourth-order valence-electron chi connectivity index (χ4n) is 4.51. The van der Waals surface area contributed by atoms with Crippen molar-refractivity contribution in [2.75, 3.05) is 4.90 Å². The highest BCUT2D eigenvalue weighted by atomic mass is 16.3. The molecule has 0 bridgehead atoms. The van der Waals surface area contributed by atoms with Crippen LogP contribution in [0.3, 0.4) is 0 Å². The number of amides is 1. The Morgan fingerprint density at radius 2 is 1.16 bits per heavy atom. The topological polar surface area (TPSA) is 80.7 Å². The van der Waals surface area contributed by atoms with E-state index in [2.05, 4.69) is 0 Å². The smallest absolute Gasteiger partial charge is 0.265 e. The molecule has 0 fully saturated rings. The molecule has 0 saturated heterocycles. The quantitative estimate of drug-likeness (QED) is 0.274. The predicted molar refractivity (Wildman–Crippen MR) is 147 cm³/mol. The fourth-order valence-corrected chi connectivity index (χ4v) is 4.51. The molecule has 6 nitrogen and oxygen atoms in total. The van der Waals surface area contributed by atoms with Crippen molar-refractivity contribution in [2.45, 2.75) is 6.54 Å². The van der Waals surface area contributed by atoms with Gasteiger partial charge in [0.2, 0.25) is 5.43 Å². The van der Waals surface area contributed by atoms with E-state index >= 15 is 0 Å². The summed E-state index contributed by atoms with van der Waals surface area (Å²) >= 11 is 0. The third-order valence-electron chi connectivity index (χ3n) is 6.52. The van der Waals surface area contributed by atoms with Crippen LogP contribution in [0.4, 0.5) is 5.69 Å². The molecular weight excluding hydrogens is 478 g/mol. The van der Waals surface area contributed by atoms with Gasteiger partial charge in [-0.3, -0.25) is 14.4 Å². The number of rotatable bonds is 5. The van der Waals surface area contributed by atoms with Crippen LogP contribution in [0.25, 0.3) is 33.1 Å². The van der Waals surface area contributed by atoms with Crippen LogP contribution in [0, 0.1) is 0 Å². The molecule has 1 amide bonds. The highest BCUT2D eigenvalue weighted by molar-refractivity contribution is 6.07. The zero-order chi connectivity index (χ0) is 26.1. The Balaban J connectivity index is 1.45. The molecule has 0 aliphatic rings. The predicted octanol–water partition coefficient (Wildman–Crippen LogP) is 6.41. The number of carbonyl (C=O) groups is 1. The van der Waals surface area contributed by atoms with Gasteiger partial charge in [0.1, 0.15) is 23.0 Å². The van der Waals surface area contributed by atoms with Crippen molar-refractivity contribution < 1.29 is 13.6 Å². The third-order valence-corrected chi connectivity index (χ3v) is 6.52. The molecule has 184 valence electrons. The summed E-state index contributed by atoms with van der Waals surface area (Å²) < 4.78 is 11.3. The molecule has 0 N–H and O–H groups in total. The molecule has 0 saturated carbocycles. The van der Waals surface area contributed by atoms with Crippen LogP contribution in [0.2, 0.25) is 0 Å². The van der Waals surface area contributed by atoms with Gasteiger partial charge in [-0.25, -0.2) is 0 Å². The Morgan fingerprint density at radius 1 is 0.605 bits per heavy atom. The maximum Gasteiger partial charge on any atom is 0.265 e. The number of anilines is 1. The Labute approximate surface area is 217 Å². The van der Waals surface area contributed by atoms with E-state index in [0.29, 0.717) is 27.6 Å². The van der Waals surface area contributed by atoms with Crippen LogP contribution in [0.5, 0.6) is 0 Å². The summed E-state index contributed by atoms with van der Waals surface area (Å²) in [4.78, 5) is 41.8. The van der Waals surface area contributed by atoms with E-state index < -0.39 is 11.3 Å². The molecule has 38 heavy (non-hydrogen) atoms. The number of hydrogen-bond donors (Lipinski definition) is 0. The van der Waals surface area contributed by atoms with E-state index in [9.17, 15) is 14.4 Å². The molecule has 0 aliphatic heterocycles. The number of carbonyl (C=O) groups excluding carboxylic acids is 1. The molecule has 2 heterocycles. The normalized spacial score (nSPS) is 11.1. The van der Waals surface area contributed by atoms with Gasteiger partial charge in [-0.15, -0.1) is 0 Å². The van der Waals surface area contributed by atoms with Crippen LogP contribution >= 0.6 is 0 Å². The monoisotopic (exact) mass is 499 g/mol. The summed E-state index contributed by atoms with van der Waals surface area (Å²) in [5.41, 5.74) is 2.86. The molecular formula is C32H21NO5. The van der Waals surface area contributed by atoms with E-state index in [4.69, 9.17) is 8.83 Å². The third kappa shape index (κ3) is 4.18. The molecule has 0 aliphatic carbocycles. The van der Waals surface area contributed by atoms with Crippen molar-refractivity contribution in [3.63, 3.8) is 0 Å². The van der Waals surface area contributed by atoms with Crippen LogP contribution in [0.1, 0.15) is 15.9 Å². The lowest BCUT2D eigenvalue weighted by Crippen LogP contribution is -2.35. The first-order chi connectivity index (χ1) is 18.6. The van der Waals surface area contributed by atoms with Gasteiger partial charge in [0, 0.05) is 5.69 Å². The lowest BCUT2D eigenvalue weighted by Gasteiger charge is -2.23. The number of hydrogen-bond acceptors (Lipinski definition) is 5. The average molecular weight is 500 g/mol. The zero-order valence-corrected chi connectivity index (χ0v) is 20.2. The van der Waals surface area contributed by atoms with Crippen LogP contribution in [-0.4, -0.2) is 5.91 Å². The van der Waals surface area contributed by atoms with Gasteiger partial charge in [0.15, 0.2) is 5.43 Å². The SMILES string of the molecule is O=C(c1coc2ccccc2c1=O)N(Cc1coc2ccccc2c1=O)c1ccc(-c2ccccc2)cc1. The first kappa shape index (κ1) is 23.2. The van der Waals surface area contributed by atoms with Gasteiger partial charge < -0.3 is 13.7 Å². The second kappa shape index (κ2) is 9.67. The zero-order valence-electron chi connectivity index (χ0n) is 20.2. The van der Waals surface area contributed by atoms with E-state index in [1.54, 1.807) is 60.7 Å². The van der Waals surface area contributed by atoms with Crippen molar-refractivity contribution in [2.24, 2.45) is 0 Å². The molecule has 0 spiro atoms. The van der Waals surface area contributed by atoms with Gasteiger partial charge in [0.05, 0.1) is 29.1 Å². The first-order valence-corrected chi connectivity index (χ1v) is 12.1. The van der Waals surface area contributed by atoms with Crippen molar-refractivity contribution in [1.82, 2.24) is 0 Å². The summed E-state index contributed by atoms with van der Waals surface area (Å²) in [6.45, 7) is -0.0943. The maximum absolute atomic E-state index is 13.9. The number of fused-ring (bicyclic) bond motifs is 2. The highest BCUT2D eigenvalue weighted by Gasteiger charge is 2.24. The number of benzene rings is 4. The van der Waals surface area contributed by atoms with Crippen LogP contribution in [0.15, 0.2) is 134 Å². The highest BCUT2D eigenvalue weighted by Crippen LogP contribution is 2.26. The van der Waals surface area contributed by atoms with Gasteiger partial charge in [-0.2, -0.15) is 0 Å². The van der Waals surface area contributed by atoms with Crippen molar-refractivity contribution >= 4 is 33.5 Å². The summed E-state index contributed by atoms with van der Waals surface area (Å²) in [6.07, 6.45) is 2.55. The van der Waals surface area contributed by atoms with Crippen molar-refractivity contribution in [3.8, 4) is 11.1 Å². The minimum atomic E-state index is -0.579. The fraction of sp³-hybridized carbons (Fsp3) is 0.0312.